The maximum absolute atomic E-state index is 11.3. The van der Waals surface area contributed by atoms with Crippen LogP contribution in [0.5, 0.6) is 0 Å². The highest BCUT2D eigenvalue weighted by atomic mass is 16.1. The molecule has 90 valence electrons. The number of hydrogen-bond donors (Lipinski definition) is 0. The summed E-state index contributed by atoms with van der Waals surface area (Å²) < 4.78 is 0. The van der Waals surface area contributed by atoms with Crippen molar-refractivity contribution in [3.63, 3.8) is 0 Å². The highest BCUT2D eigenvalue weighted by molar-refractivity contribution is 5.81. The fraction of sp³-hybridized carbons (Fsp3) is 0.929. The second-order valence-corrected chi connectivity index (χ2v) is 5.31. The van der Waals surface area contributed by atoms with Crippen molar-refractivity contribution in [2.75, 3.05) is 0 Å². The first-order valence-corrected chi connectivity index (χ1v) is 6.51. The van der Waals surface area contributed by atoms with Crippen molar-refractivity contribution in [3.8, 4) is 0 Å². The summed E-state index contributed by atoms with van der Waals surface area (Å²) in [5.41, 5.74) is -0.0938. The summed E-state index contributed by atoms with van der Waals surface area (Å²) in [6.07, 6.45) is 10.3. The Morgan fingerprint density at radius 3 is 1.87 bits per heavy atom. The summed E-state index contributed by atoms with van der Waals surface area (Å²) in [6, 6.07) is 0. The van der Waals surface area contributed by atoms with Crippen molar-refractivity contribution in [2.45, 2.75) is 79.1 Å². The third-order valence-electron chi connectivity index (χ3n) is 3.36. The Balaban J connectivity index is 3.35. The SMILES string of the molecule is CCCCCCCCCC(C)(C)C(C)=O. The van der Waals surface area contributed by atoms with Gasteiger partial charge in [0, 0.05) is 5.41 Å². The normalized spacial score (nSPS) is 11.7. The largest absolute Gasteiger partial charge is 0.299 e. The predicted octanol–water partition coefficient (Wildman–Crippen LogP) is 4.74. The highest BCUT2D eigenvalue weighted by Crippen LogP contribution is 2.24. The molecule has 15 heavy (non-hydrogen) atoms. The van der Waals surface area contributed by atoms with Gasteiger partial charge in [-0.3, -0.25) is 4.79 Å². The maximum atomic E-state index is 11.3. The van der Waals surface area contributed by atoms with Crippen LogP contribution in [0.3, 0.4) is 0 Å². The molecule has 0 radical (unpaired) electrons. The molecule has 0 amide bonds. The molecule has 1 heteroatoms. The van der Waals surface area contributed by atoms with Gasteiger partial charge in [0.15, 0.2) is 0 Å². The van der Waals surface area contributed by atoms with Gasteiger partial charge < -0.3 is 0 Å². The molecule has 0 aliphatic carbocycles. The Labute approximate surface area is 95.6 Å². The van der Waals surface area contributed by atoms with Crippen molar-refractivity contribution in [2.24, 2.45) is 5.41 Å². The molecule has 0 saturated carbocycles. The fourth-order valence-electron chi connectivity index (χ4n) is 1.70. The molecule has 0 bridgehead atoms. The molecule has 0 aliphatic rings. The van der Waals surface area contributed by atoms with Crippen LogP contribution >= 0.6 is 0 Å². The molecule has 0 rings (SSSR count). The quantitative estimate of drug-likeness (QED) is 0.504. The maximum Gasteiger partial charge on any atom is 0.135 e. The third kappa shape index (κ3) is 7.58. The molecule has 0 N–H and O–H groups in total. The van der Waals surface area contributed by atoms with Crippen LogP contribution in [0.25, 0.3) is 0 Å². The van der Waals surface area contributed by atoms with E-state index in [0.29, 0.717) is 5.78 Å². The van der Waals surface area contributed by atoms with Crippen LogP contribution in [0.2, 0.25) is 0 Å². The van der Waals surface area contributed by atoms with Gasteiger partial charge in [-0.25, -0.2) is 0 Å². The van der Waals surface area contributed by atoms with Crippen molar-refractivity contribution in [1.29, 1.82) is 0 Å². The topological polar surface area (TPSA) is 17.1 Å². The third-order valence-corrected chi connectivity index (χ3v) is 3.36. The van der Waals surface area contributed by atoms with Crippen LogP contribution in [-0.2, 0) is 4.79 Å². The van der Waals surface area contributed by atoms with E-state index >= 15 is 0 Å². The molecule has 0 aliphatic heterocycles. The van der Waals surface area contributed by atoms with Gasteiger partial charge in [-0.1, -0.05) is 65.7 Å². The Morgan fingerprint density at radius 1 is 0.933 bits per heavy atom. The van der Waals surface area contributed by atoms with Gasteiger partial charge in [-0.2, -0.15) is 0 Å². The predicted molar refractivity (Wildman–Crippen MR) is 67.1 cm³/mol. The van der Waals surface area contributed by atoms with Crippen LogP contribution < -0.4 is 0 Å². The minimum Gasteiger partial charge on any atom is -0.299 e. The summed E-state index contributed by atoms with van der Waals surface area (Å²) >= 11 is 0. The van der Waals surface area contributed by atoms with Gasteiger partial charge in [0.05, 0.1) is 0 Å². The standard InChI is InChI=1S/C14H28O/c1-5-6-7-8-9-10-11-12-14(3,4)13(2)15/h5-12H2,1-4H3. The van der Waals surface area contributed by atoms with Crippen molar-refractivity contribution in [3.05, 3.63) is 0 Å². The summed E-state index contributed by atoms with van der Waals surface area (Å²) in [4.78, 5) is 11.3. The molecular formula is C14H28O. The minimum absolute atomic E-state index is 0.0938. The molecule has 0 heterocycles. The molecule has 0 aromatic heterocycles. The Bertz CT molecular complexity index is 170. The van der Waals surface area contributed by atoms with E-state index in [4.69, 9.17) is 0 Å². The van der Waals surface area contributed by atoms with Gasteiger partial charge in [0.2, 0.25) is 0 Å². The second-order valence-electron chi connectivity index (χ2n) is 5.31. The van der Waals surface area contributed by atoms with E-state index in [9.17, 15) is 4.79 Å². The zero-order chi connectivity index (χ0) is 11.7. The van der Waals surface area contributed by atoms with E-state index in [-0.39, 0.29) is 5.41 Å². The number of carbonyl (C=O) groups excluding carboxylic acids is 1. The lowest BCUT2D eigenvalue weighted by atomic mass is 9.83. The summed E-state index contributed by atoms with van der Waals surface area (Å²) in [5, 5.41) is 0. The number of Topliss-reactive ketones (excluding diaryl/α,β-unsaturated/α-hetero) is 1. The molecular weight excluding hydrogens is 184 g/mol. The lowest BCUT2D eigenvalue weighted by molar-refractivity contribution is -0.125. The monoisotopic (exact) mass is 212 g/mol. The Morgan fingerprint density at radius 2 is 1.40 bits per heavy atom. The lowest BCUT2D eigenvalue weighted by Gasteiger charge is -2.20. The van der Waals surface area contributed by atoms with Crippen LogP contribution in [0.1, 0.15) is 79.1 Å². The fourth-order valence-corrected chi connectivity index (χ4v) is 1.70. The molecule has 0 aromatic rings. The first kappa shape index (κ1) is 14.7. The van der Waals surface area contributed by atoms with E-state index < -0.39 is 0 Å². The Kier molecular flexibility index (Phi) is 7.72. The Hall–Kier alpha value is -0.330. The van der Waals surface area contributed by atoms with Crippen LogP contribution in [0, 0.1) is 5.41 Å². The highest BCUT2D eigenvalue weighted by Gasteiger charge is 2.22. The van der Waals surface area contributed by atoms with Crippen LogP contribution in [0.4, 0.5) is 0 Å². The number of carbonyl (C=O) groups is 1. The first-order chi connectivity index (χ1) is 7.00. The van der Waals surface area contributed by atoms with Gasteiger partial charge in [-0.05, 0) is 13.3 Å². The van der Waals surface area contributed by atoms with E-state index in [2.05, 4.69) is 20.8 Å². The second kappa shape index (κ2) is 7.90. The number of unbranched alkanes of at least 4 members (excludes halogenated alkanes) is 6. The van der Waals surface area contributed by atoms with Gasteiger partial charge >= 0.3 is 0 Å². The van der Waals surface area contributed by atoms with Crippen molar-refractivity contribution in [1.82, 2.24) is 0 Å². The molecule has 0 fully saturated rings. The average Bonchev–Trinajstić information content (AvgIpc) is 2.16. The molecule has 0 spiro atoms. The minimum atomic E-state index is -0.0938. The summed E-state index contributed by atoms with van der Waals surface area (Å²) in [7, 11) is 0. The van der Waals surface area contributed by atoms with Crippen molar-refractivity contribution < 1.29 is 4.79 Å². The molecule has 1 nitrogen and oxygen atoms in total. The van der Waals surface area contributed by atoms with E-state index in [1.54, 1.807) is 6.92 Å². The molecule has 0 saturated heterocycles. The summed E-state index contributed by atoms with van der Waals surface area (Å²) in [6.45, 7) is 8.08. The van der Waals surface area contributed by atoms with Crippen molar-refractivity contribution >= 4 is 5.78 Å². The smallest absolute Gasteiger partial charge is 0.135 e. The van der Waals surface area contributed by atoms with E-state index in [0.717, 1.165) is 6.42 Å². The van der Waals surface area contributed by atoms with Gasteiger partial charge in [-0.15, -0.1) is 0 Å². The van der Waals surface area contributed by atoms with Crippen LogP contribution in [0.15, 0.2) is 0 Å². The number of rotatable bonds is 9. The number of hydrogen-bond acceptors (Lipinski definition) is 1. The molecule has 0 unspecified atom stereocenters. The first-order valence-electron chi connectivity index (χ1n) is 6.51. The molecule has 0 aromatic carbocycles. The van der Waals surface area contributed by atoms with E-state index in [1.165, 1.54) is 44.9 Å². The van der Waals surface area contributed by atoms with E-state index in [1.807, 2.05) is 0 Å². The van der Waals surface area contributed by atoms with Gasteiger partial charge in [0.1, 0.15) is 5.78 Å². The average molecular weight is 212 g/mol. The zero-order valence-electron chi connectivity index (χ0n) is 11.1. The van der Waals surface area contributed by atoms with Crippen LogP contribution in [-0.4, -0.2) is 5.78 Å². The number of ketones is 1. The zero-order valence-corrected chi connectivity index (χ0v) is 11.1. The van der Waals surface area contributed by atoms with Gasteiger partial charge in [0.25, 0.3) is 0 Å². The lowest BCUT2D eigenvalue weighted by Crippen LogP contribution is -2.20. The summed E-state index contributed by atoms with van der Waals surface area (Å²) in [5.74, 6) is 0.327. The molecule has 0 atom stereocenters.